The van der Waals surface area contributed by atoms with Crippen molar-refractivity contribution in [2.24, 2.45) is 0 Å². The molecule has 1 heterocycles. The van der Waals surface area contributed by atoms with Crippen LogP contribution in [0.4, 0.5) is 13.2 Å². The smallest absolute Gasteiger partial charge is 0.383 e. The van der Waals surface area contributed by atoms with Crippen molar-refractivity contribution in [3.05, 3.63) is 35.4 Å². The lowest BCUT2D eigenvalue weighted by atomic mass is 10.1. The standard InChI is InChI=1S/C17H22F3N3O3.ClH/c1-26-11-6-21-12-15(24)22-7-9-23(10-8-22)16(25)13-2-4-14(5-3-13)17(18,19)20;/h2-5,21H,6-12H2,1H3;1H. The number of carbonyl (C=O) groups excluding carboxylic acids is 2. The van der Waals surface area contributed by atoms with E-state index < -0.39 is 11.7 Å². The van der Waals surface area contributed by atoms with Gasteiger partial charge < -0.3 is 19.9 Å². The Morgan fingerprint density at radius 1 is 1.07 bits per heavy atom. The predicted molar refractivity (Wildman–Crippen MR) is 95.9 cm³/mol. The van der Waals surface area contributed by atoms with Crippen LogP contribution in [0.3, 0.4) is 0 Å². The van der Waals surface area contributed by atoms with Crippen molar-refractivity contribution in [3.8, 4) is 0 Å². The molecule has 0 unspecified atom stereocenters. The lowest BCUT2D eigenvalue weighted by Gasteiger charge is -2.35. The Morgan fingerprint density at radius 2 is 1.63 bits per heavy atom. The third-order valence-corrected chi connectivity index (χ3v) is 4.14. The number of benzene rings is 1. The topological polar surface area (TPSA) is 61.9 Å². The highest BCUT2D eigenvalue weighted by molar-refractivity contribution is 5.94. The number of hydrogen-bond donors (Lipinski definition) is 1. The third kappa shape index (κ3) is 6.67. The van der Waals surface area contributed by atoms with E-state index in [0.717, 1.165) is 12.1 Å². The van der Waals surface area contributed by atoms with Crippen LogP contribution in [0, 0.1) is 0 Å². The maximum atomic E-state index is 12.6. The first kappa shape index (κ1) is 23.2. The lowest BCUT2D eigenvalue weighted by Crippen LogP contribution is -2.52. The predicted octanol–water partition coefficient (Wildman–Crippen LogP) is 1.65. The lowest BCUT2D eigenvalue weighted by molar-refractivity contribution is -0.137. The first-order valence-electron chi connectivity index (χ1n) is 8.27. The van der Waals surface area contributed by atoms with Gasteiger partial charge in [0.05, 0.1) is 18.7 Å². The van der Waals surface area contributed by atoms with Crippen LogP contribution in [0.5, 0.6) is 0 Å². The molecule has 10 heteroatoms. The molecule has 0 spiro atoms. The van der Waals surface area contributed by atoms with Crippen molar-refractivity contribution in [1.29, 1.82) is 0 Å². The summed E-state index contributed by atoms with van der Waals surface area (Å²) in [6.45, 7) is 2.80. The zero-order valence-corrected chi connectivity index (χ0v) is 15.7. The van der Waals surface area contributed by atoms with Crippen molar-refractivity contribution >= 4 is 24.2 Å². The molecule has 0 radical (unpaired) electrons. The molecule has 1 aromatic carbocycles. The van der Waals surface area contributed by atoms with Crippen LogP contribution in [-0.2, 0) is 15.7 Å². The molecule has 1 aromatic rings. The minimum atomic E-state index is -4.43. The molecule has 6 nitrogen and oxygen atoms in total. The zero-order chi connectivity index (χ0) is 19.2. The van der Waals surface area contributed by atoms with Crippen molar-refractivity contribution in [2.75, 3.05) is 53.0 Å². The van der Waals surface area contributed by atoms with E-state index in [-0.39, 0.29) is 36.3 Å². The van der Waals surface area contributed by atoms with Crippen LogP contribution < -0.4 is 5.32 Å². The fourth-order valence-electron chi connectivity index (χ4n) is 2.62. The Hall–Kier alpha value is -1.84. The molecule has 27 heavy (non-hydrogen) atoms. The molecule has 0 saturated carbocycles. The van der Waals surface area contributed by atoms with E-state index in [9.17, 15) is 22.8 Å². The Balaban J connectivity index is 0.00000364. The highest BCUT2D eigenvalue weighted by Gasteiger charge is 2.31. The first-order valence-corrected chi connectivity index (χ1v) is 8.27. The number of piperazine rings is 1. The summed E-state index contributed by atoms with van der Waals surface area (Å²) >= 11 is 0. The van der Waals surface area contributed by atoms with Gasteiger partial charge in [-0.3, -0.25) is 9.59 Å². The van der Waals surface area contributed by atoms with Gasteiger partial charge in [-0.2, -0.15) is 13.2 Å². The minimum absolute atomic E-state index is 0. The minimum Gasteiger partial charge on any atom is -0.383 e. The van der Waals surface area contributed by atoms with Gasteiger partial charge in [0.1, 0.15) is 0 Å². The molecule has 2 amide bonds. The van der Waals surface area contributed by atoms with Crippen LogP contribution in [0.1, 0.15) is 15.9 Å². The summed E-state index contributed by atoms with van der Waals surface area (Å²) in [5.74, 6) is -0.383. The average Bonchev–Trinajstić information content (AvgIpc) is 2.64. The summed E-state index contributed by atoms with van der Waals surface area (Å²) in [5.41, 5.74) is -0.579. The maximum Gasteiger partial charge on any atom is 0.416 e. The Morgan fingerprint density at radius 3 is 2.15 bits per heavy atom. The quantitative estimate of drug-likeness (QED) is 0.726. The zero-order valence-electron chi connectivity index (χ0n) is 14.9. The van der Waals surface area contributed by atoms with E-state index in [4.69, 9.17) is 4.74 Å². The summed E-state index contributed by atoms with van der Waals surface area (Å²) in [5, 5.41) is 2.97. The van der Waals surface area contributed by atoms with Gasteiger partial charge in [-0.1, -0.05) is 0 Å². The molecule has 0 aromatic heterocycles. The number of rotatable bonds is 6. The Bertz CT molecular complexity index is 618. The van der Waals surface area contributed by atoms with Gasteiger partial charge in [0.25, 0.3) is 5.91 Å². The van der Waals surface area contributed by atoms with Gasteiger partial charge in [0, 0.05) is 45.4 Å². The van der Waals surface area contributed by atoms with Crippen molar-refractivity contribution in [2.45, 2.75) is 6.18 Å². The monoisotopic (exact) mass is 409 g/mol. The summed E-state index contributed by atoms with van der Waals surface area (Å²) in [6, 6.07) is 4.17. The average molecular weight is 410 g/mol. The van der Waals surface area contributed by atoms with Crippen molar-refractivity contribution in [3.63, 3.8) is 0 Å². The van der Waals surface area contributed by atoms with E-state index in [0.29, 0.717) is 39.3 Å². The molecule has 1 saturated heterocycles. The van der Waals surface area contributed by atoms with E-state index in [2.05, 4.69) is 5.32 Å². The van der Waals surface area contributed by atoms with E-state index in [1.165, 1.54) is 12.1 Å². The highest BCUT2D eigenvalue weighted by Crippen LogP contribution is 2.29. The summed E-state index contributed by atoms with van der Waals surface area (Å²) < 4.78 is 42.6. The van der Waals surface area contributed by atoms with E-state index >= 15 is 0 Å². The molecule has 1 fully saturated rings. The molecular formula is C17H23ClF3N3O3. The third-order valence-electron chi connectivity index (χ3n) is 4.14. The number of methoxy groups -OCH3 is 1. The van der Waals surface area contributed by atoms with Gasteiger partial charge in [0.2, 0.25) is 5.91 Å². The number of carbonyl (C=O) groups is 2. The van der Waals surface area contributed by atoms with Gasteiger partial charge in [-0.05, 0) is 24.3 Å². The normalized spacial score (nSPS) is 14.7. The van der Waals surface area contributed by atoms with Gasteiger partial charge >= 0.3 is 6.18 Å². The first-order chi connectivity index (χ1) is 12.3. The number of alkyl halides is 3. The summed E-state index contributed by atoms with van der Waals surface area (Å²) in [4.78, 5) is 27.7. The van der Waals surface area contributed by atoms with Crippen LogP contribution in [0.25, 0.3) is 0 Å². The number of nitrogens with zero attached hydrogens (tertiary/aromatic N) is 2. The van der Waals surface area contributed by atoms with Crippen LogP contribution in [0.15, 0.2) is 24.3 Å². The summed E-state index contributed by atoms with van der Waals surface area (Å²) in [6.07, 6.45) is -4.43. The second-order valence-corrected chi connectivity index (χ2v) is 5.92. The second kappa shape index (κ2) is 10.5. The van der Waals surface area contributed by atoms with Crippen LogP contribution in [-0.4, -0.2) is 74.6 Å². The molecule has 0 aliphatic carbocycles. The number of nitrogens with one attached hydrogen (secondary N) is 1. The van der Waals surface area contributed by atoms with E-state index in [1.807, 2.05) is 0 Å². The second-order valence-electron chi connectivity index (χ2n) is 5.92. The molecule has 152 valence electrons. The molecular weight excluding hydrogens is 387 g/mol. The highest BCUT2D eigenvalue weighted by atomic mass is 35.5. The van der Waals surface area contributed by atoms with Crippen LogP contribution in [0.2, 0.25) is 0 Å². The Kier molecular flexibility index (Phi) is 9.01. The van der Waals surface area contributed by atoms with Crippen molar-refractivity contribution in [1.82, 2.24) is 15.1 Å². The maximum absolute atomic E-state index is 12.6. The molecule has 1 aliphatic rings. The van der Waals surface area contributed by atoms with Gasteiger partial charge in [-0.15, -0.1) is 12.4 Å². The number of ether oxygens (including phenoxy) is 1. The van der Waals surface area contributed by atoms with Crippen molar-refractivity contribution < 1.29 is 27.5 Å². The SMILES string of the molecule is COCCNCC(=O)N1CCN(C(=O)c2ccc(C(F)(F)F)cc2)CC1.Cl. The van der Waals surface area contributed by atoms with Gasteiger partial charge in [-0.25, -0.2) is 0 Å². The number of halogens is 4. The van der Waals surface area contributed by atoms with Gasteiger partial charge in [0.15, 0.2) is 0 Å². The Labute approximate surface area is 162 Å². The fraction of sp³-hybridized carbons (Fsp3) is 0.529. The largest absolute Gasteiger partial charge is 0.416 e. The van der Waals surface area contributed by atoms with E-state index in [1.54, 1.807) is 16.9 Å². The number of amides is 2. The van der Waals surface area contributed by atoms with Crippen LogP contribution >= 0.6 is 12.4 Å². The molecule has 1 N–H and O–H groups in total. The molecule has 1 aliphatic heterocycles. The fourth-order valence-corrected chi connectivity index (χ4v) is 2.62. The molecule has 0 atom stereocenters. The summed E-state index contributed by atoms with van der Waals surface area (Å²) in [7, 11) is 1.58. The molecule has 2 rings (SSSR count). The number of hydrogen-bond acceptors (Lipinski definition) is 4. The molecule has 0 bridgehead atoms.